The summed E-state index contributed by atoms with van der Waals surface area (Å²) in [6, 6.07) is 5.41. The van der Waals surface area contributed by atoms with Gasteiger partial charge in [0, 0.05) is 17.5 Å². The molecule has 0 aliphatic heterocycles. The Labute approximate surface area is 152 Å². The molecule has 2 aromatic heterocycles. The summed E-state index contributed by atoms with van der Waals surface area (Å²) < 4.78 is 0. The third-order valence-electron chi connectivity index (χ3n) is 5.33. The SMILES string of the molecule is Nc1nc2c(c(C(=O)N[C@H](c3ccccn3)C3CC(O)C3)n1)CCCC2. The average Bonchev–Trinajstić information content (AvgIpc) is 2.63. The van der Waals surface area contributed by atoms with Gasteiger partial charge in [-0.25, -0.2) is 9.97 Å². The molecule has 1 atom stereocenters. The number of nitrogens with zero attached hydrogens (tertiary/aromatic N) is 3. The lowest BCUT2D eigenvalue weighted by atomic mass is 9.76. The van der Waals surface area contributed by atoms with Gasteiger partial charge in [-0.15, -0.1) is 0 Å². The third-order valence-corrected chi connectivity index (χ3v) is 5.33. The van der Waals surface area contributed by atoms with Crippen molar-refractivity contribution in [3.63, 3.8) is 0 Å². The molecule has 7 heteroatoms. The summed E-state index contributed by atoms with van der Waals surface area (Å²) in [6.45, 7) is 0. The highest BCUT2D eigenvalue weighted by molar-refractivity contribution is 5.94. The number of anilines is 1. The molecule has 7 nitrogen and oxygen atoms in total. The maximum Gasteiger partial charge on any atom is 0.270 e. The second-order valence-electron chi connectivity index (χ2n) is 7.15. The number of carbonyl (C=O) groups is 1. The summed E-state index contributed by atoms with van der Waals surface area (Å²) in [4.78, 5) is 26.0. The predicted octanol–water partition coefficient (Wildman–Crippen LogP) is 1.57. The summed E-state index contributed by atoms with van der Waals surface area (Å²) >= 11 is 0. The first-order valence-electron chi connectivity index (χ1n) is 9.17. The Morgan fingerprint density at radius 3 is 2.77 bits per heavy atom. The molecule has 136 valence electrons. The number of aryl methyl sites for hydroxylation is 1. The van der Waals surface area contributed by atoms with Crippen molar-refractivity contribution in [1.29, 1.82) is 0 Å². The number of rotatable bonds is 4. The van der Waals surface area contributed by atoms with Gasteiger partial charge in [0.05, 0.1) is 17.8 Å². The van der Waals surface area contributed by atoms with E-state index in [1.54, 1.807) is 6.20 Å². The van der Waals surface area contributed by atoms with Crippen molar-refractivity contribution in [2.45, 2.75) is 50.7 Å². The molecule has 0 radical (unpaired) electrons. The van der Waals surface area contributed by atoms with E-state index in [4.69, 9.17) is 5.73 Å². The van der Waals surface area contributed by atoms with E-state index >= 15 is 0 Å². The Morgan fingerprint density at radius 1 is 1.23 bits per heavy atom. The van der Waals surface area contributed by atoms with Crippen molar-refractivity contribution in [3.05, 3.63) is 47.0 Å². The fourth-order valence-electron chi connectivity index (χ4n) is 3.91. The summed E-state index contributed by atoms with van der Waals surface area (Å²) in [5, 5.41) is 12.8. The van der Waals surface area contributed by atoms with Crippen LogP contribution < -0.4 is 11.1 Å². The Hall–Kier alpha value is -2.54. The second-order valence-corrected chi connectivity index (χ2v) is 7.15. The number of pyridine rings is 1. The highest BCUT2D eigenvalue weighted by atomic mass is 16.3. The molecule has 2 aliphatic carbocycles. The van der Waals surface area contributed by atoms with Crippen LogP contribution in [0.5, 0.6) is 0 Å². The van der Waals surface area contributed by atoms with Crippen LogP contribution in [0.3, 0.4) is 0 Å². The van der Waals surface area contributed by atoms with Gasteiger partial charge in [-0.1, -0.05) is 6.07 Å². The number of aromatic nitrogens is 3. The van der Waals surface area contributed by atoms with Crippen molar-refractivity contribution < 1.29 is 9.90 Å². The van der Waals surface area contributed by atoms with Gasteiger partial charge in [-0.05, 0) is 56.6 Å². The van der Waals surface area contributed by atoms with Crippen molar-refractivity contribution in [3.8, 4) is 0 Å². The molecular weight excluding hydrogens is 330 g/mol. The lowest BCUT2D eigenvalue weighted by Gasteiger charge is -2.37. The van der Waals surface area contributed by atoms with Crippen LogP contribution in [0.25, 0.3) is 0 Å². The molecule has 0 bridgehead atoms. The van der Waals surface area contributed by atoms with Crippen molar-refractivity contribution in [2.24, 2.45) is 5.92 Å². The Balaban J connectivity index is 1.62. The van der Waals surface area contributed by atoms with E-state index in [2.05, 4.69) is 20.3 Å². The van der Waals surface area contributed by atoms with Gasteiger partial charge in [0.1, 0.15) is 5.69 Å². The first-order valence-corrected chi connectivity index (χ1v) is 9.17. The smallest absolute Gasteiger partial charge is 0.270 e. The van der Waals surface area contributed by atoms with Crippen LogP contribution in [0, 0.1) is 5.92 Å². The average molecular weight is 353 g/mol. The van der Waals surface area contributed by atoms with Gasteiger partial charge in [0.25, 0.3) is 5.91 Å². The number of carbonyl (C=O) groups excluding carboxylic acids is 1. The molecule has 0 aromatic carbocycles. The number of nitrogens with one attached hydrogen (secondary N) is 1. The zero-order chi connectivity index (χ0) is 18.1. The third kappa shape index (κ3) is 3.26. The zero-order valence-corrected chi connectivity index (χ0v) is 14.6. The van der Waals surface area contributed by atoms with E-state index < -0.39 is 0 Å². The van der Waals surface area contributed by atoms with Crippen molar-refractivity contribution in [1.82, 2.24) is 20.3 Å². The van der Waals surface area contributed by atoms with Gasteiger partial charge in [-0.2, -0.15) is 0 Å². The quantitative estimate of drug-likeness (QED) is 0.769. The van der Waals surface area contributed by atoms with E-state index in [-0.39, 0.29) is 29.9 Å². The normalized spacial score (nSPS) is 22.8. The van der Waals surface area contributed by atoms with Gasteiger partial charge >= 0.3 is 0 Å². The van der Waals surface area contributed by atoms with Gasteiger partial charge in [-0.3, -0.25) is 9.78 Å². The van der Waals surface area contributed by atoms with E-state index in [9.17, 15) is 9.90 Å². The number of aliphatic hydroxyl groups excluding tert-OH is 1. The van der Waals surface area contributed by atoms with E-state index in [1.165, 1.54) is 0 Å². The number of nitrogen functional groups attached to an aromatic ring is 1. The molecule has 2 aromatic rings. The van der Waals surface area contributed by atoms with E-state index in [0.717, 1.165) is 42.6 Å². The molecule has 4 rings (SSSR count). The Kier molecular flexibility index (Phi) is 4.55. The number of aliphatic hydroxyl groups is 1. The minimum atomic E-state index is -0.300. The monoisotopic (exact) mass is 353 g/mol. The molecule has 1 amide bonds. The number of hydrogen-bond acceptors (Lipinski definition) is 6. The maximum absolute atomic E-state index is 13.0. The number of fused-ring (bicyclic) bond motifs is 1. The minimum absolute atomic E-state index is 0.143. The number of hydrogen-bond donors (Lipinski definition) is 3. The molecule has 1 fully saturated rings. The lowest BCUT2D eigenvalue weighted by Crippen LogP contribution is -2.42. The topological polar surface area (TPSA) is 114 Å². The van der Waals surface area contributed by atoms with Crippen LogP contribution in [0.2, 0.25) is 0 Å². The highest BCUT2D eigenvalue weighted by Gasteiger charge is 2.37. The summed E-state index contributed by atoms with van der Waals surface area (Å²) in [5.41, 5.74) is 8.82. The largest absolute Gasteiger partial charge is 0.393 e. The Morgan fingerprint density at radius 2 is 2.04 bits per heavy atom. The van der Waals surface area contributed by atoms with Crippen LogP contribution in [-0.4, -0.2) is 32.1 Å². The van der Waals surface area contributed by atoms with Crippen LogP contribution in [0.15, 0.2) is 24.4 Å². The molecule has 26 heavy (non-hydrogen) atoms. The van der Waals surface area contributed by atoms with Gasteiger partial charge in [0.2, 0.25) is 5.95 Å². The first-order chi connectivity index (χ1) is 12.6. The fourth-order valence-corrected chi connectivity index (χ4v) is 3.91. The molecule has 0 saturated heterocycles. The van der Waals surface area contributed by atoms with Crippen molar-refractivity contribution in [2.75, 3.05) is 5.73 Å². The minimum Gasteiger partial charge on any atom is -0.393 e. The molecule has 2 aliphatic rings. The zero-order valence-electron chi connectivity index (χ0n) is 14.6. The lowest BCUT2D eigenvalue weighted by molar-refractivity contribution is 0.0227. The van der Waals surface area contributed by atoms with Gasteiger partial charge in [0.15, 0.2) is 0 Å². The molecule has 1 saturated carbocycles. The first kappa shape index (κ1) is 16.9. The molecule has 0 spiro atoms. The van der Waals surface area contributed by atoms with E-state index in [1.807, 2.05) is 18.2 Å². The second kappa shape index (κ2) is 6.99. The van der Waals surface area contributed by atoms with E-state index in [0.29, 0.717) is 18.5 Å². The van der Waals surface area contributed by atoms with Crippen molar-refractivity contribution >= 4 is 11.9 Å². The Bertz CT molecular complexity index is 805. The summed E-state index contributed by atoms with van der Waals surface area (Å²) in [6.07, 6.45) is 6.45. The summed E-state index contributed by atoms with van der Waals surface area (Å²) in [5.74, 6) is 0.0670. The summed E-state index contributed by atoms with van der Waals surface area (Å²) in [7, 11) is 0. The molecule has 2 heterocycles. The van der Waals surface area contributed by atoms with Crippen LogP contribution in [0.4, 0.5) is 5.95 Å². The van der Waals surface area contributed by atoms with Crippen LogP contribution >= 0.6 is 0 Å². The standard InChI is InChI=1S/C19H23N5O2/c20-19-22-14-6-2-1-5-13(14)17(24-19)18(26)23-16(11-9-12(25)10-11)15-7-3-4-8-21-15/h3-4,7-8,11-12,16,25H,1-2,5-6,9-10H2,(H,23,26)(H2,20,22,24)/t11?,12?,16-/m0/s1. The highest BCUT2D eigenvalue weighted by Crippen LogP contribution is 2.37. The predicted molar refractivity (Wildman–Crippen MR) is 96.3 cm³/mol. The molecule has 0 unspecified atom stereocenters. The maximum atomic E-state index is 13.0. The van der Waals surface area contributed by atoms with Crippen LogP contribution in [0.1, 0.15) is 59.2 Å². The number of amides is 1. The number of nitrogens with two attached hydrogens (primary N) is 1. The molecule has 4 N–H and O–H groups in total. The molecular formula is C19H23N5O2. The fraction of sp³-hybridized carbons (Fsp3) is 0.474. The van der Waals surface area contributed by atoms with Crippen LogP contribution in [-0.2, 0) is 12.8 Å². The van der Waals surface area contributed by atoms with Gasteiger partial charge < -0.3 is 16.2 Å².